The molecule has 0 aliphatic heterocycles. The second kappa shape index (κ2) is 5.02. The number of hydrogen-bond donors (Lipinski definition) is 3. The summed E-state index contributed by atoms with van der Waals surface area (Å²) < 4.78 is 0. The van der Waals surface area contributed by atoms with Crippen molar-refractivity contribution in [1.29, 1.82) is 0 Å². The average Bonchev–Trinajstić information content (AvgIpc) is 2.27. The van der Waals surface area contributed by atoms with Crippen LogP contribution in [0.4, 0.5) is 0 Å². The van der Waals surface area contributed by atoms with E-state index in [-0.39, 0.29) is 11.8 Å². The molecule has 14 heavy (non-hydrogen) atoms. The van der Waals surface area contributed by atoms with Gasteiger partial charge in [-0.25, -0.2) is 5.84 Å². The quantitative estimate of drug-likeness (QED) is 0.304. The monoisotopic (exact) mass is 210 g/mol. The van der Waals surface area contributed by atoms with Crippen LogP contribution in [0.5, 0.6) is 0 Å². The molecule has 1 aromatic carbocycles. The first-order chi connectivity index (χ1) is 6.69. The summed E-state index contributed by atoms with van der Waals surface area (Å²) in [6.07, 6.45) is 0. The van der Waals surface area contributed by atoms with Gasteiger partial charge in [-0.15, -0.1) is 0 Å². The third-order valence-electron chi connectivity index (χ3n) is 2.20. The zero-order valence-corrected chi connectivity index (χ0v) is 8.92. The van der Waals surface area contributed by atoms with Crippen LogP contribution in [-0.4, -0.2) is 5.91 Å². The van der Waals surface area contributed by atoms with E-state index < -0.39 is 0 Å². The molecule has 76 valence electrons. The average molecular weight is 210 g/mol. The summed E-state index contributed by atoms with van der Waals surface area (Å²) in [5.74, 6) is 5.37. The zero-order chi connectivity index (χ0) is 10.6. The van der Waals surface area contributed by atoms with Crippen LogP contribution < -0.4 is 11.3 Å². The van der Waals surface area contributed by atoms with E-state index >= 15 is 0 Å². The summed E-state index contributed by atoms with van der Waals surface area (Å²) in [6.45, 7) is 1.82. The molecule has 4 heteroatoms. The molecule has 0 bridgehead atoms. The maximum absolute atomic E-state index is 11.2. The van der Waals surface area contributed by atoms with Crippen molar-refractivity contribution in [3.05, 3.63) is 35.4 Å². The van der Waals surface area contributed by atoms with Gasteiger partial charge in [-0.05, 0) is 18.1 Å². The number of amides is 1. The van der Waals surface area contributed by atoms with Crippen molar-refractivity contribution in [2.45, 2.75) is 18.6 Å². The molecular weight excluding hydrogens is 196 g/mol. The molecule has 1 aromatic rings. The lowest BCUT2D eigenvalue weighted by Crippen LogP contribution is -2.33. The number of benzene rings is 1. The smallest absolute Gasteiger partial charge is 0.241 e. The normalized spacial score (nSPS) is 12.2. The Bertz CT molecular complexity index is 310. The van der Waals surface area contributed by atoms with Gasteiger partial charge in [0.2, 0.25) is 5.91 Å². The number of nitrogens with two attached hydrogens (primary N) is 1. The number of thiol groups is 1. The van der Waals surface area contributed by atoms with Gasteiger partial charge < -0.3 is 0 Å². The van der Waals surface area contributed by atoms with Crippen molar-refractivity contribution < 1.29 is 4.79 Å². The molecule has 0 radical (unpaired) electrons. The summed E-state index contributed by atoms with van der Waals surface area (Å²) in [4.78, 5) is 11.2. The third kappa shape index (κ3) is 2.49. The topological polar surface area (TPSA) is 55.1 Å². The van der Waals surface area contributed by atoms with Crippen LogP contribution in [0.25, 0.3) is 0 Å². The number of hydrogen-bond acceptors (Lipinski definition) is 3. The fraction of sp³-hybridized carbons (Fsp3) is 0.300. The van der Waals surface area contributed by atoms with E-state index in [1.54, 1.807) is 0 Å². The first-order valence-corrected chi connectivity index (χ1v) is 5.02. The van der Waals surface area contributed by atoms with E-state index in [0.29, 0.717) is 5.75 Å². The summed E-state index contributed by atoms with van der Waals surface area (Å²) in [5.41, 5.74) is 4.23. The molecule has 0 aromatic heterocycles. The van der Waals surface area contributed by atoms with E-state index in [9.17, 15) is 4.79 Å². The SMILES string of the molecule is CC(C(=O)NN)c1ccc(CS)cc1. The van der Waals surface area contributed by atoms with Gasteiger partial charge in [0, 0.05) is 5.75 Å². The third-order valence-corrected chi connectivity index (χ3v) is 2.56. The number of carbonyl (C=O) groups excluding carboxylic acids is 1. The molecular formula is C10H14N2OS. The number of carbonyl (C=O) groups is 1. The van der Waals surface area contributed by atoms with Gasteiger partial charge >= 0.3 is 0 Å². The lowest BCUT2D eigenvalue weighted by Gasteiger charge is -2.10. The van der Waals surface area contributed by atoms with Gasteiger partial charge in [0.1, 0.15) is 0 Å². The van der Waals surface area contributed by atoms with Gasteiger partial charge in [-0.2, -0.15) is 12.6 Å². The summed E-state index contributed by atoms with van der Waals surface area (Å²) >= 11 is 4.16. The van der Waals surface area contributed by atoms with Crippen molar-refractivity contribution in [1.82, 2.24) is 5.43 Å². The molecule has 0 heterocycles. The maximum Gasteiger partial charge on any atom is 0.241 e. The number of rotatable bonds is 3. The summed E-state index contributed by atoms with van der Waals surface area (Å²) in [5, 5.41) is 0. The molecule has 1 unspecified atom stereocenters. The second-order valence-electron chi connectivity index (χ2n) is 3.13. The van der Waals surface area contributed by atoms with Crippen LogP contribution in [0, 0.1) is 0 Å². The van der Waals surface area contributed by atoms with Gasteiger partial charge in [0.15, 0.2) is 0 Å². The minimum Gasteiger partial charge on any atom is -0.294 e. The first kappa shape index (κ1) is 11.1. The maximum atomic E-state index is 11.2. The first-order valence-electron chi connectivity index (χ1n) is 4.39. The van der Waals surface area contributed by atoms with E-state index in [1.807, 2.05) is 31.2 Å². The summed E-state index contributed by atoms with van der Waals surface area (Å²) in [7, 11) is 0. The van der Waals surface area contributed by atoms with E-state index in [1.165, 1.54) is 0 Å². The van der Waals surface area contributed by atoms with Crippen molar-refractivity contribution in [2.24, 2.45) is 5.84 Å². The van der Waals surface area contributed by atoms with Crippen LogP contribution in [0.15, 0.2) is 24.3 Å². The number of hydrazine groups is 1. The molecule has 3 nitrogen and oxygen atoms in total. The highest BCUT2D eigenvalue weighted by Crippen LogP contribution is 2.16. The Balaban J connectivity index is 2.81. The van der Waals surface area contributed by atoms with E-state index in [4.69, 9.17) is 5.84 Å². The number of nitrogens with one attached hydrogen (secondary N) is 1. The minimum absolute atomic E-state index is 0.177. The van der Waals surface area contributed by atoms with Crippen molar-refractivity contribution >= 4 is 18.5 Å². The molecule has 0 spiro atoms. The Morgan fingerprint density at radius 3 is 2.50 bits per heavy atom. The van der Waals surface area contributed by atoms with Gasteiger partial charge in [0.05, 0.1) is 5.92 Å². The van der Waals surface area contributed by atoms with Crippen LogP contribution >= 0.6 is 12.6 Å². The highest BCUT2D eigenvalue weighted by molar-refractivity contribution is 7.79. The van der Waals surface area contributed by atoms with Crippen LogP contribution in [0.3, 0.4) is 0 Å². The Morgan fingerprint density at radius 2 is 2.07 bits per heavy atom. The minimum atomic E-state index is -0.214. The molecule has 0 saturated heterocycles. The highest BCUT2D eigenvalue weighted by Gasteiger charge is 2.12. The lowest BCUT2D eigenvalue weighted by molar-refractivity contribution is -0.122. The van der Waals surface area contributed by atoms with E-state index in [2.05, 4.69) is 18.1 Å². The lowest BCUT2D eigenvalue weighted by atomic mass is 10.00. The van der Waals surface area contributed by atoms with Crippen molar-refractivity contribution in [2.75, 3.05) is 0 Å². The molecule has 0 aliphatic carbocycles. The molecule has 1 atom stereocenters. The zero-order valence-electron chi connectivity index (χ0n) is 8.03. The van der Waals surface area contributed by atoms with Gasteiger partial charge in [-0.1, -0.05) is 24.3 Å². The van der Waals surface area contributed by atoms with Crippen LogP contribution in [0.1, 0.15) is 24.0 Å². The Labute approximate surface area is 89.1 Å². The molecule has 1 amide bonds. The van der Waals surface area contributed by atoms with Gasteiger partial charge in [-0.3, -0.25) is 10.2 Å². The summed E-state index contributed by atoms with van der Waals surface area (Å²) in [6, 6.07) is 7.77. The largest absolute Gasteiger partial charge is 0.294 e. The van der Waals surface area contributed by atoms with Gasteiger partial charge in [0.25, 0.3) is 0 Å². The van der Waals surface area contributed by atoms with Crippen molar-refractivity contribution in [3.8, 4) is 0 Å². The van der Waals surface area contributed by atoms with Crippen LogP contribution in [-0.2, 0) is 10.5 Å². The van der Waals surface area contributed by atoms with E-state index in [0.717, 1.165) is 11.1 Å². The molecule has 0 aliphatic rings. The fourth-order valence-corrected chi connectivity index (χ4v) is 1.40. The Hall–Kier alpha value is -1.00. The predicted octanol–water partition coefficient (Wildman–Crippen LogP) is 1.21. The fourth-order valence-electron chi connectivity index (χ4n) is 1.19. The van der Waals surface area contributed by atoms with Crippen molar-refractivity contribution in [3.63, 3.8) is 0 Å². The second-order valence-corrected chi connectivity index (χ2v) is 3.45. The molecule has 3 N–H and O–H groups in total. The predicted molar refractivity (Wildman–Crippen MR) is 59.9 cm³/mol. The Morgan fingerprint density at radius 1 is 1.50 bits per heavy atom. The molecule has 0 saturated carbocycles. The molecule has 0 fully saturated rings. The van der Waals surface area contributed by atoms with Crippen LogP contribution in [0.2, 0.25) is 0 Å². The Kier molecular flexibility index (Phi) is 3.98. The molecule has 1 rings (SSSR count). The standard InChI is InChI=1S/C10H14N2OS/c1-7(10(13)12-11)9-4-2-8(6-14)3-5-9/h2-5,7,14H,6,11H2,1H3,(H,12,13). The highest BCUT2D eigenvalue weighted by atomic mass is 32.1.